The summed E-state index contributed by atoms with van der Waals surface area (Å²) in [5.74, 6) is 0.725. The topological polar surface area (TPSA) is 38.5 Å². The van der Waals surface area contributed by atoms with E-state index in [0.717, 1.165) is 31.5 Å². The first kappa shape index (κ1) is 15.9. The van der Waals surface area contributed by atoms with Gasteiger partial charge in [0.15, 0.2) is 0 Å². The van der Waals surface area contributed by atoms with Crippen molar-refractivity contribution >= 4 is 0 Å². The summed E-state index contributed by atoms with van der Waals surface area (Å²) in [6, 6.07) is 1.34. The molecule has 0 radical (unpaired) electrons. The Morgan fingerprint density at radius 1 is 1.28 bits per heavy atom. The van der Waals surface area contributed by atoms with Gasteiger partial charge in [0.25, 0.3) is 0 Å². The van der Waals surface area contributed by atoms with Crippen molar-refractivity contribution in [3.05, 3.63) is 0 Å². The van der Waals surface area contributed by atoms with Crippen LogP contribution in [0.2, 0.25) is 0 Å². The predicted molar refractivity (Wildman–Crippen MR) is 77.8 cm³/mol. The van der Waals surface area contributed by atoms with Crippen molar-refractivity contribution < 1.29 is 4.74 Å². The van der Waals surface area contributed by atoms with Crippen molar-refractivity contribution in [1.82, 2.24) is 4.90 Å². The molecule has 0 saturated heterocycles. The number of hydrogen-bond acceptors (Lipinski definition) is 3. The molecule has 18 heavy (non-hydrogen) atoms. The van der Waals surface area contributed by atoms with E-state index < -0.39 is 0 Å². The lowest BCUT2D eigenvalue weighted by molar-refractivity contribution is 0.0477. The number of hydrogen-bond donors (Lipinski definition) is 1. The molecule has 108 valence electrons. The molecule has 0 bridgehead atoms. The Kier molecular flexibility index (Phi) is 7.87. The van der Waals surface area contributed by atoms with Gasteiger partial charge in [-0.25, -0.2) is 0 Å². The molecular formula is C15H32N2O. The molecule has 0 spiro atoms. The Labute approximate surface area is 113 Å². The highest BCUT2D eigenvalue weighted by Crippen LogP contribution is 2.27. The summed E-state index contributed by atoms with van der Waals surface area (Å²) in [4.78, 5) is 2.72. The predicted octanol–water partition coefficient (Wildman–Crippen LogP) is 2.64. The fraction of sp³-hybridized carbons (Fsp3) is 1.00. The fourth-order valence-corrected chi connectivity index (χ4v) is 3.14. The zero-order valence-electron chi connectivity index (χ0n) is 12.5. The fourth-order valence-electron chi connectivity index (χ4n) is 3.14. The van der Waals surface area contributed by atoms with Gasteiger partial charge < -0.3 is 10.5 Å². The Bertz CT molecular complexity index is 203. The molecule has 3 nitrogen and oxygen atoms in total. The van der Waals surface area contributed by atoms with Crippen molar-refractivity contribution in [2.24, 2.45) is 11.7 Å². The van der Waals surface area contributed by atoms with E-state index in [4.69, 9.17) is 10.5 Å². The smallest absolute Gasteiger partial charge is 0.0618 e. The van der Waals surface area contributed by atoms with Crippen LogP contribution in [0.25, 0.3) is 0 Å². The second kappa shape index (κ2) is 8.89. The first-order chi connectivity index (χ1) is 8.69. The summed E-state index contributed by atoms with van der Waals surface area (Å²) >= 11 is 0. The van der Waals surface area contributed by atoms with Crippen LogP contribution >= 0.6 is 0 Å². The Morgan fingerprint density at radius 3 is 2.44 bits per heavy atom. The van der Waals surface area contributed by atoms with E-state index in [1.807, 2.05) is 7.11 Å². The van der Waals surface area contributed by atoms with Gasteiger partial charge in [0, 0.05) is 25.7 Å². The molecule has 1 unspecified atom stereocenters. The van der Waals surface area contributed by atoms with E-state index in [1.165, 1.54) is 38.6 Å². The van der Waals surface area contributed by atoms with Crippen molar-refractivity contribution in [3.8, 4) is 0 Å². The molecule has 0 aliphatic heterocycles. The molecule has 0 heterocycles. The van der Waals surface area contributed by atoms with Crippen LogP contribution in [-0.2, 0) is 4.74 Å². The number of ether oxygens (including phenoxy) is 1. The molecular weight excluding hydrogens is 224 g/mol. The highest BCUT2D eigenvalue weighted by atomic mass is 16.5. The molecule has 1 aliphatic rings. The van der Waals surface area contributed by atoms with Gasteiger partial charge in [-0.3, -0.25) is 4.90 Å². The first-order valence-corrected chi connectivity index (χ1v) is 7.63. The minimum Gasteiger partial charge on any atom is -0.383 e. The largest absolute Gasteiger partial charge is 0.383 e. The van der Waals surface area contributed by atoms with Gasteiger partial charge in [-0.15, -0.1) is 0 Å². The maximum absolute atomic E-state index is 5.67. The zero-order chi connectivity index (χ0) is 13.4. The standard InChI is InChI=1S/C15H32N2O/c1-13(2)11-17(14-7-4-5-8-14)15(12-18-3)9-6-10-16/h13-15H,4-12,16H2,1-3H3. The van der Waals surface area contributed by atoms with Gasteiger partial charge >= 0.3 is 0 Å². The first-order valence-electron chi connectivity index (χ1n) is 7.63. The van der Waals surface area contributed by atoms with Gasteiger partial charge in [-0.1, -0.05) is 26.7 Å². The molecule has 1 atom stereocenters. The molecule has 1 rings (SSSR count). The quantitative estimate of drug-likeness (QED) is 0.689. The van der Waals surface area contributed by atoms with E-state index in [-0.39, 0.29) is 0 Å². The summed E-state index contributed by atoms with van der Waals surface area (Å²) in [6.07, 6.45) is 7.82. The SMILES string of the molecule is COCC(CCCN)N(CC(C)C)C1CCCC1. The third-order valence-corrected chi connectivity index (χ3v) is 3.94. The maximum Gasteiger partial charge on any atom is 0.0618 e. The Hall–Kier alpha value is -0.120. The van der Waals surface area contributed by atoms with Crippen LogP contribution in [0, 0.1) is 5.92 Å². The van der Waals surface area contributed by atoms with E-state index in [9.17, 15) is 0 Å². The van der Waals surface area contributed by atoms with Crippen molar-refractivity contribution in [2.45, 2.75) is 64.5 Å². The van der Waals surface area contributed by atoms with Crippen molar-refractivity contribution in [1.29, 1.82) is 0 Å². The molecule has 0 aromatic rings. The monoisotopic (exact) mass is 256 g/mol. The van der Waals surface area contributed by atoms with E-state index in [2.05, 4.69) is 18.7 Å². The van der Waals surface area contributed by atoms with E-state index in [1.54, 1.807) is 0 Å². The number of nitrogens with zero attached hydrogens (tertiary/aromatic N) is 1. The molecule has 1 fully saturated rings. The number of nitrogens with two attached hydrogens (primary N) is 1. The van der Waals surface area contributed by atoms with Crippen LogP contribution in [-0.4, -0.2) is 43.8 Å². The molecule has 2 N–H and O–H groups in total. The second-order valence-corrected chi connectivity index (χ2v) is 6.07. The highest BCUT2D eigenvalue weighted by Gasteiger charge is 2.28. The lowest BCUT2D eigenvalue weighted by Crippen LogP contribution is -2.46. The Morgan fingerprint density at radius 2 is 1.94 bits per heavy atom. The maximum atomic E-state index is 5.67. The lowest BCUT2D eigenvalue weighted by Gasteiger charge is -2.37. The molecule has 0 aromatic heterocycles. The third-order valence-electron chi connectivity index (χ3n) is 3.94. The molecule has 1 aliphatic carbocycles. The van der Waals surface area contributed by atoms with Gasteiger partial charge in [0.05, 0.1) is 6.61 Å². The zero-order valence-corrected chi connectivity index (χ0v) is 12.5. The summed E-state index contributed by atoms with van der Waals surface area (Å²) in [5.41, 5.74) is 5.67. The minimum absolute atomic E-state index is 0.559. The van der Waals surface area contributed by atoms with Crippen LogP contribution in [0.4, 0.5) is 0 Å². The number of methoxy groups -OCH3 is 1. The van der Waals surface area contributed by atoms with Crippen LogP contribution < -0.4 is 5.73 Å². The molecule has 0 amide bonds. The highest BCUT2D eigenvalue weighted by molar-refractivity contribution is 4.83. The van der Waals surface area contributed by atoms with Gasteiger partial charge in [0.2, 0.25) is 0 Å². The summed E-state index contributed by atoms with van der Waals surface area (Å²) in [6.45, 7) is 7.47. The average molecular weight is 256 g/mol. The normalized spacial score (nSPS) is 19.0. The summed E-state index contributed by atoms with van der Waals surface area (Å²) < 4.78 is 5.44. The summed E-state index contributed by atoms with van der Waals surface area (Å²) in [7, 11) is 1.82. The van der Waals surface area contributed by atoms with Gasteiger partial charge in [-0.2, -0.15) is 0 Å². The van der Waals surface area contributed by atoms with Crippen LogP contribution in [0.5, 0.6) is 0 Å². The van der Waals surface area contributed by atoms with Crippen molar-refractivity contribution in [2.75, 3.05) is 26.8 Å². The van der Waals surface area contributed by atoms with Crippen molar-refractivity contribution in [3.63, 3.8) is 0 Å². The minimum atomic E-state index is 0.559. The lowest BCUT2D eigenvalue weighted by atomic mass is 10.0. The molecule has 3 heteroatoms. The molecule has 0 aromatic carbocycles. The Balaban J connectivity index is 2.62. The average Bonchev–Trinajstić information content (AvgIpc) is 2.85. The molecule has 1 saturated carbocycles. The van der Waals surface area contributed by atoms with Crippen LogP contribution in [0.3, 0.4) is 0 Å². The van der Waals surface area contributed by atoms with Gasteiger partial charge in [0.1, 0.15) is 0 Å². The number of rotatable bonds is 9. The van der Waals surface area contributed by atoms with E-state index in [0.29, 0.717) is 6.04 Å². The second-order valence-electron chi connectivity index (χ2n) is 6.07. The summed E-state index contributed by atoms with van der Waals surface area (Å²) in [5, 5.41) is 0. The van der Waals surface area contributed by atoms with E-state index >= 15 is 0 Å². The van der Waals surface area contributed by atoms with Gasteiger partial charge in [-0.05, 0) is 38.1 Å². The van der Waals surface area contributed by atoms with Crippen LogP contribution in [0.15, 0.2) is 0 Å². The third kappa shape index (κ3) is 5.25. The van der Waals surface area contributed by atoms with Crippen LogP contribution in [0.1, 0.15) is 52.4 Å².